The molecule has 0 aliphatic heterocycles. The van der Waals surface area contributed by atoms with Gasteiger partial charge in [0.25, 0.3) is 0 Å². The predicted octanol–water partition coefficient (Wildman–Crippen LogP) is 3.30. The summed E-state index contributed by atoms with van der Waals surface area (Å²) in [5.74, 6) is 0.529. The van der Waals surface area contributed by atoms with Crippen LogP contribution in [0.3, 0.4) is 0 Å². The number of carbonyl (C=O) groups is 1. The molecule has 9 heteroatoms. The fraction of sp³-hybridized carbons (Fsp3) is 0.524. The summed E-state index contributed by atoms with van der Waals surface area (Å²) < 4.78 is 15.2. The van der Waals surface area contributed by atoms with Gasteiger partial charge in [0.15, 0.2) is 0 Å². The number of ether oxygens (including phenoxy) is 2. The molecular weight excluding hydrogens is 384 g/mol. The second kappa shape index (κ2) is 7.00. The molecule has 0 aromatic carbocycles. The lowest BCUT2D eigenvalue weighted by Crippen LogP contribution is -2.60. The van der Waals surface area contributed by atoms with Crippen LogP contribution in [-0.4, -0.2) is 59.7 Å². The van der Waals surface area contributed by atoms with E-state index in [0.29, 0.717) is 18.7 Å². The molecule has 4 rings (SSSR count). The van der Waals surface area contributed by atoms with Crippen LogP contribution in [0.1, 0.15) is 40.5 Å². The number of fused-ring (bicyclic) bond motifs is 1. The summed E-state index contributed by atoms with van der Waals surface area (Å²) in [4.78, 5) is 18.8. The first-order valence-corrected chi connectivity index (χ1v) is 10.0. The monoisotopic (exact) mass is 412 g/mol. The van der Waals surface area contributed by atoms with E-state index in [2.05, 4.69) is 10.2 Å². The highest BCUT2D eigenvalue weighted by molar-refractivity contribution is 5.69. The van der Waals surface area contributed by atoms with Gasteiger partial charge in [-0.15, -0.1) is 0 Å². The minimum atomic E-state index is -0.522. The molecule has 160 valence electrons. The van der Waals surface area contributed by atoms with E-state index in [-0.39, 0.29) is 17.7 Å². The molecule has 0 atom stereocenters. The molecule has 3 heterocycles. The minimum Gasteiger partial charge on any atom is -0.473 e. The van der Waals surface area contributed by atoms with Crippen molar-refractivity contribution in [2.24, 2.45) is 7.05 Å². The highest BCUT2D eigenvalue weighted by Gasteiger charge is 2.48. The molecule has 0 radical (unpaired) electrons. The van der Waals surface area contributed by atoms with Gasteiger partial charge >= 0.3 is 6.09 Å². The van der Waals surface area contributed by atoms with Crippen LogP contribution in [0.2, 0.25) is 0 Å². The lowest BCUT2D eigenvalue weighted by molar-refractivity contribution is -0.0520. The Bertz CT molecular complexity index is 1070. The summed E-state index contributed by atoms with van der Waals surface area (Å²) in [6, 6.07) is 1.88. The van der Waals surface area contributed by atoms with Gasteiger partial charge in [-0.05, 0) is 33.8 Å². The molecule has 30 heavy (non-hydrogen) atoms. The topological polar surface area (TPSA) is 86.8 Å². The Balaban J connectivity index is 1.49. The van der Waals surface area contributed by atoms with Crippen LogP contribution in [-0.2, 0) is 11.8 Å². The van der Waals surface area contributed by atoms with Gasteiger partial charge in [0.1, 0.15) is 17.2 Å². The summed E-state index contributed by atoms with van der Waals surface area (Å²) in [5, 5.41) is 8.55. The number of aryl methyl sites for hydroxylation is 1. The van der Waals surface area contributed by atoms with Crippen LogP contribution in [0.15, 0.2) is 30.9 Å². The maximum atomic E-state index is 12.4. The Morgan fingerprint density at radius 3 is 2.63 bits per heavy atom. The highest BCUT2D eigenvalue weighted by atomic mass is 16.6. The molecule has 0 spiro atoms. The van der Waals surface area contributed by atoms with Crippen molar-refractivity contribution in [1.82, 2.24) is 29.3 Å². The molecule has 1 amide bonds. The third kappa shape index (κ3) is 3.83. The molecule has 0 bridgehead atoms. The van der Waals surface area contributed by atoms with Gasteiger partial charge in [-0.3, -0.25) is 4.68 Å². The molecular formula is C21H28N6O3. The van der Waals surface area contributed by atoms with E-state index < -0.39 is 5.60 Å². The fourth-order valence-electron chi connectivity index (χ4n) is 3.66. The maximum Gasteiger partial charge on any atom is 0.410 e. The first-order chi connectivity index (χ1) is 14.0. The number of rotatable bonds is 4. The van der Waals surface area contributed by atoms with Gasteiger partial charge < -0.3 is 14.4 Å². The average Bonchev–Trinajstić information content (AvgIpc) is 3.26. The van der Waals surface area contributed by atoms with Crippen molar-refractivity contribution in [2.45, 2.75) is 57.8 Å². The van der Waals surface area contributed by atoms with Gasteiger partial charge in [0.2, 0.25) is 5.88 Å². The van der Waals surface area contributed by atoms with E-state index in [0.717, 1.165) is 16.8 Å². The predicted molar refractivity (Wildman–Crippen MR) is 111 cm³/mol. The second-order valence-electron chi connectivity index (χ2n) is 9.18. The van der Waals surface area contributed by atoms with Crippen LogP contribution >= 0.6 is 0 Å². The molecule has 3 aromatic heterocycles. The van der Waals surface area contributed by atoms with Crippen molar-refractivity contribution >= 4 is 11.6 Å². The normalized spacial score (nSPS) is 21.3. The summed E-state index contributed by atoms with van der Waals surface area (Å²) >= 11 is 0. The van der Waals surface area contributed by atoms with E-state index in [1.54, 1.807) is 33.5 Å². The molecule has 1 aliphatic rings. The number of amides is 1. The van der Waals surface area contributed by atoms with Crippen LogP contribution in [0, 0.1) is 0 Å². The second-order valence-corrected chi connectivity index (χ2v) is 9.18. The Hall–Kier alpha value is -3.10. The van der Waals surface area contributed by atoms with E-state index >= 15 is 0 Å². The SMILES string of the molecule is CN(C(=O)OC(C)(C)C)C1(C)CC(Oc2nc(-c3cnn(C)c3)cn3nccc23)C1. The maximum absolute atomic E-state index is 12.4. The van der Waals surface area contributed by atoms with E-state index in [4.69, 9.17) is 14.5 Å². The van der Waals surface area contributed by atoms with Crippen LogP contribution in [0.4, 0.5) is 4.79 Å². The van der Waals surface area contributed by atoms with Crippen LogP contribution in [0.5, 0.6) is 5.88 Å². The third-order valence-corrected chi connectivity index (χ3v) is 5.45. The highest BCUT2D eigenvalue weighted by Crippen LogP contribution is 2.40. The van der Waals surface area contributed by atoms with Gasteiger partial charge in [-0.1, -0.05) is 0 Å². The summed E-state index contributed by atoms with van der Waals surface area (Å²) in [6.07, 6.45) is 8.27. The van der Waals surface area contributed by atoms with Crippen molar-refractivity contribution in [1.29, 1.82) is 0 Å². The first kappa shape index (κ1) is 20.2. The zero-order valence-corrected chi connectivity index (χ0v) is 18.3. The number of carbonyl (C=O) groups excluding carboxylic acids is 1. The molecule has 0 saturated heterocycles. The van der Waals surface area contributed by atoms with Gasteiger partial charge in [-0.2, -0.15) is 10.2 Å². The van der Waals surface area contributed by atoms with E-state index in [9.17, 15) is 4.79 Å². The van der Waals surface area contributed by atoms with Crippen LogP contribution < -0.4 is 4.74 Å². The molecule has 0 N–H and O–H groups in total. The smallest absolute Gasteiger partial charge is 0.410 e. The molecule has 9 nitrogen and oxygen atoms in total. The van der Waals surface area contributed by atoms with E-state index in [1.807, 2.05) is 53.2 Å². The Labute approximate surface area is 175 Å². The summed E-state index contributed by atoms with van der Waals surface area (Å²) in [6.45, 7) is 7.65. The van der Waals surface area contributed by atoms with Crippen molar-refractivity contribution in [3.8, 4) is 17.1 Å². The standard InChI is InChI=1S/C21H28N6O3/c1-20(2,3)30-19(28)26(6)21(4)9-15(10-21)29-18-17-7-8-22-27(17)13-16(24-18)14-11-23-25(5)12-14/h7-8,11-13,15H,9-10H2,1-6H3. The zero-order chi connectivity index (χ0) is 21.7. The molecule has 1 saturated carbocycles. The Morgan fingerprint density at radius 1 is 1.27 bits per heavy atom. The molecule has 0 unspecified atom stereocenters. The van der Waals surface area contributed by atoms with Crippen molar-refractivity contribution in [2.75, 3.05) is 7.05 Å². The number of nitrogens with zero attached hydrogens (tertiary/aromatic N) is 6. The molecule has 1 aliphatic carbocycles. The lowest BCUT2D eigenvalue weighted by atomic mass is 9.74. The quantitative estimate of drug-likeness (QED) is 0.653. The number of hydrogen-bond acceptors (Lipinski definition) is 6. The van der Waals surface area contributed by atoms with Gasteiger partial charge in [0, 0.05) is 38.7 Å². The zero-order valence-electron chi connectivity index (χ0n) is 18.3. The Kier molecular flexibility index (Phi) is 4.71. The summed E-state index contributed by atoms with van der Waals surface area (Å²) in [5.41, 5.74) is 1.60. The fourth-order valence-corrected chi connectivity index (χ4v) is 3.66. The van der Waals surface area contributed by atoms with Crippen LogP contribution in [0.25, 0.3) is 16.8 Å². The largest absolute Gasteiger partial charge is 0.473 e. The Morgan fingerprint density at radius 2 is 2.00 bits per heavy atom. The van der Waals surface area contributed by atoms with Crippen molar-refractivity contribution in [3.63, 3.8) is 0 Å². The van der Waals surface area contributed by atoms with E-state index in [1.165, 1.54) is 0 Å². The van der Waals surface area contributed by atoms with Crippen molar-refractivity contribution in [3.05, 3.63) is 30.9 Å². The van der Waals surface area contributed by atoms with Crippen molar-refractivity contribution < 1.29 is 14.3 Å². The average molecular weight is 412 g/mol. The lowest BCUT2D eigenvalue weighted by Gasteiger charge is -2.49. The molecule has 3 aromatic rings. The van der Waals surface area contributed by atoms with Gasteiger partial charge in [-0.25, -0.2) is 14.3 Å². The summed E-state index contributed by atoms with van der Waals surface area (Å²) in [7, 11) is 3.64. The third-order valence-electron chi connectivity index (χ3n) is 5.45. The van der Waals surface area contributed by atoms with Gasteiger partial charge in [0.05, 0.1) is 29.8 Å². The molecule has 1 fully saturated rings. The first-order valence-electron chi connectivity index (χ1n) is 10.0. The number of aromatic nitrogens is 5. The minimum absolute atomic E-state index is 0.0461. The number of hydrogen-bond donors (Lipinski definition) is 0.